The summed E-state index contributed by atoms with van der Waals surface area (Å²) in [4.78, 5) is 39.0. The number of ketones is 2. The molecule has 34 heavy (non-hydrogen) atoms. The third-order valence-electron chi connectivity index (χ3n) is 6.15. The van der Waals surface area contributed by atoms with Crippen molar-refractivity contribution < 1.29 is 33.7 Å². The quantitative estimate of drug-likeness (QED) is 0.530. The van der Waals surface area contributed by atoms with Crippen molar-refractivity contribution in [3.8, 4) is 23.0 Å². The first-order chi connectivity index (χ1) is 16.1. The van der Waals surface area contributed by atoms with Crippen LogP contribution in [-0.2, 0) is 9.59 Å². The predicted octanol–water partition coefficient (Wildman–Crippen LogP) is 2.69. The number of carbonyl (C=O) groups is 3. The number of hydrogen-bond acceptors (Lipinski definition) is 8. The SMILES string of the molecule is COc1cc(OC)c2c(c1Cl)O[C@@]1(C(=O)C=C(N[C@@H](C(N)=O)c3ccc(O)cc3)C[C@H]1C)C2=O. The zero-order valence-electron chi connectivity index (χ0n) is 18.7. The molecule has 2 aromatic rings. The molecule has 0 bridgehead atoms. The lowest BCUT2D eigenvalue weighted by molar-refractivity contribution is -0.129. The maximum Gasteiger partial charge on any atom is 0.244 e. The average molecular weight is 487 g/mol. The number of primary amides is 1. The molecule has 0 fully saturated rings. The summed E-state index contributed by atoms with van der Waals surface area (Å²) in [6.07, 6.45) is 1.46. The number of carbonyl (C=O) groups excluding carboxylic acids is 3. The Morgan fingerprint density at radius 1 is 1.24 bits per heavy atom. The second kappa shape index (κ2) is 8.57. The topological polar surface area (TPSA) is 137 Å². The molecular formula is C24H23ClN2O7. The van der Waals surface area contributed by atoms with Crippen molar-refractivity contribution in [3.05, 3.63) is 58.3 Å². The van der Waals surface area contributed by atoms with Crippen molar-refractivity contribution in [2.24, 2.45) is 11.7 Å². The number of phenolic OH excluding ortho intramolecular Hbond substituents is 1. The van der Waals surface area contributed by atoms with Crippen LogP contribution in [0.2, 0.25) is 5.02 Å². The van der Waals surface area contributed by atoms with E-state index in [2.05, 4.69) is 5.32 Å². The number of benzene rings is 2. The van der Waals surface area contributed by atoms with Gasteiger partial charge in [0.1, 0.15) is 33.9 Å². The third-order valence-corrected chi connectivity index (χ3v) is 6.51. The molecule has 1 heterocycles. The van der Waals surface area contributed by atoms with Crippen molar-refractivity contribution in [1.29, 1.82) is 0 Å². The van der Waals surface area contributed by atoms with E-state index in [-0.39, 0.29) is 40.0 Å². The number of nitrogens with two attached hydrogens (primary N) is 1. The van der Waals surface area contributed by atoms with Gasteiger partial charge in [0.15, 0.2) is 5.75 Å². The average Bonchev–Trinajstić information content (AvgIpc) is 3.12. The first kappa shape index (κ1) is 23.4. The smallest absolute Gasteiger partial charge is 0.244 e. The van der Waals surface area contributed by atoms with E-state index in [4.69, 9.17) is 31.5 Å². The van der Waals surface area contributed by atoms with E-state index in [9.17, 15) is 19.5 Å². The Bertz CT molecular complexity index is 1220. The number of nitrogens with one attached hydrogen (secondary N) is 1. The monoisotopic (exact) mass is 486 g/mol. The zero-order valence-corrected chi connectivity index (χ0v) is 19.4. The highest BCUT2D eigenvalue weighted by molar-refractivity contribution is 6.36. The summed E-state index contributed by atoms with van der Waals surface area (Å²) >= 11 is 6.39. The Morgan fingerprint density at radius 2 is 1.88 bits per heavy atom. The number of fused-ring (bicyclic) bond motifs is 1. The molecule has 3 atom stereocenters. The van der Waals surface area contributed by atoms with Gasteiger partial charge in [0.25, 0.3) is 0 Å². The van der Waals surface area contributed by atoms with Crippen LogP contribution in [0.15, 0.2) is 42.1 Å². The van der Waals surface area contributed by atoms with Gasteiger partial charge in [-0.2, -0.15) is 0 Å². The van der Waals surface area contributed by atoms with Crippen LogP contribution in [-0.4, -0.2) is 42.4 Å². The number of halogens is 1. The van der Waals surface area contributed by atoms with Crippen molar-refractivity contribution in [2.45, 2.75) is 25.0 Å². The molecule has 2 aliphatic rings. The number of phenols is 1. The maximum atomic E-state index is 13.5. The predicted molar refractivity (Wildman–Crippen MR) is 122 cm³/mol. The molecule has 1 aliphatic heterocycles. The number of Topliss-reactive ketones (excluding diaryl/α,β-unsaturated/α-hetero) is 1. The Kier molecular flexibility index (Phi) is 5.91. The summed E-state index contributed by atoms with van der Waals surface area (Å²) in [6, 6.07) is 6.48. The number of ether oxygens (including phenoxy) is 3. The normalized spacial score (nSPS) is 22.0. The van der Waals surface area contributed by atoms with Gasteiger partial charge >= 0.3 is 0 Å². The first-order valence-corrected chi connectivity index (χ1v) is 10.8. The fourth-order valence-corrected chi connectivity index (χ4v) is 4.67. The summed E-state index contributed by atoms with van der Waals surface area (Å²) in [5, 5.41) is 12.6. The van der Waals surface area contributed by atoms with E-state index in [1.165, 1.54) is 38.5 Å². The largest absolute Gasteiger partial charge is 0.508 e. The van der Waals surface area contributed by atoms with Crippen molar-refractivity contribution >= 4 is 29.1 Å². The number of amides is 1. The third kappa shape index (κ3) is 3.52. The second-order valence-electron chi connectivity index (χ2n) is 8.18. The lowest BCUT2D eigenvalue weighted by Gasteiger charge is -2.36. The van der Waals surface area contributed by atoms with E-state index in [1.807, 2.05) is 0 Å². The molecule has 2 aromatic carbocycles. The molecule has 0 radical (unpaired) electrons. The molecule has 178 valence electrons. The number of hydrogen-bond donors (Lipinski definition) is 3. The molecule has 1 amide bonds. The fourth-order valence-electron chi connectivity index (χ4n) is 4.40. The number of methoxy groups -OCH3 is 2. The van der Waals surface area contributed by atoms with Gasteiger partial charge in [-0.3, -0.25) is 14.4 Å². The molecule has 4 rings (SSSR count). The maximum absolute atomic E-state index is 13.5. The van der Waals surface area contributed by atoms with E-state index >= 15 is 0 Å². The molecule has 0 aromatic heterocycles. The number of allylic oxidation sites excluding steroid dienone is 1. The summed E-state index contributed by atoms with van der Waals surface area (Å²) in [7, 11) is 2.81. The number of rotatable bonds is 6. The lowest BCUT2D eigenvalue weighted by atomic mass is 9.74. The molecule has 0 unspecified atom stereocenters. The van der Waals surface area contributed by atoms with Gasteiger partial charge in [0.2, 0.25) is 23.1 Å². The summed E-state index contributed by atoms with van der Waals surface area (Å²) in [6.45, 7) is 1.70. The zero-order chi connectivity index (χ0) is 24.8. The van der Waals surface area contributed by atoms with Gasteiger partial charge in [-0.05, 0) is 24.1 Å². The van der Waals surface area contributed by atoms with Crippen molar-refractivity contribution in [2.75, 3.05) is 14.2 Å². The highest BCUT2D eigenvalue weighted by Crippen LogP contribution is 2.53. The molecule has 9 nitrogen and oxygen atoms in total. The summed E-state index contributed by atoms with van der Waals surface area (Å²) in [5.41, 5.74) is 4.76. The van der Waals surface area contributed by atoms with Crippen LogP contribution < -0.4 is 25.3 Å². The molecule has 0 saturated heterocycles. The van der Waals surface area contributed by atoms with Crippen LogP contribution in [0.25, 0.3) is 0 Å². The highest BCUT2D eigenvalue weighted by atomic mass is 35.5. The van der Waals surface area contributed by atoms with Gasteiger partial charge in [0.05, 0.1) is 14.2 Å². The number of aromatic hydroxyl groups is 1. The van der Waals surface area contributed by atoms with Crippen LogP contribution in [0, 0.1) is 5.92 Å². The van der Waals surface area contributed by atoms with E-state index in [0.29, 0.717) is 11.3 Å². The lowest BCUT2D eigenvalue weighted by Crippen LogP contribution is -2.55. The van der Waals surface area contributed by atoms with Crippen molar-refractivity contribution in [1.82, 2.24) is 5.32 Å². The van der Waals surface area contributed by atoms with Gasteiger partial charge in [0, 0.05) is 23.8 Å². The Labute approximate surface area is 200 Å². The Morgan fingerprint density at radius 3 is 2.44 bits per heavy atom. The van der Waals surface area contributed by atoms with E-state index < -0.39 is 35.0 Å². The van der Waals surface area contributed by atoms with Crippen LogP contribution in [0.1, 0.15) is 35.3 Å². The van der Waals surface area contributed by atoms with Crippen molar-refractivity contribution in [3.63, 3.8) is 0 Å². The van der Waals surface area contributed by atoms with Gasteiger partial charge in [-0.15, -0.1) is 0 Å². The van der Waals surface area contributed by atoms with Crippen LogP contribution >= 0.6 is 11.6 Å². The van der Waals surface area contributed by atoms with Gasteiger partial charge < -0.3 is 30.4 Å². The first-order valence-electron chi connectivity index (χ1n) is 10.4. The molecule has 4 N–H and O–H groups in total. The molecular weight excluding hydrogens is 464 g/mol. The van der Waals surface area contributed by atoms with Crippen LogP contribution in [0.5, 0.6) is 23.0 Å². The molecule has 10 heteroatoms. The molecule has 1 spiro atoms. The Balaban J connectivity index is 1.69. The minimum atomic E-state index is -1.82. The summed E-state index contributed by atoms with van der Waals surface area (Å²) in [5.74, 6) is -1.93. The van der Waals surface area contributed by atoms with Gasteiger partial charge in [-0.1, -0.05) is 30.7 Å². The van der Waals surface area contributed by atoms with Crippen LogP contribution in [0.3, 0.4) is 0 Å². The van der Waals surface area contributed by atoms with Gasteiger partial charge in [-0.25, -0.2) is 0 Å². The van der Waals surface area contributed by atoms with Crippen LogP contribution in [0.4, 0.5) is 0 Å². The minimum absolute atomic E-state index is 0.0342. The highest BCUT2D eigenvalue weighted by Gasteiger charge is 2.60. The minimum Gasteiger partial charge on any atom is -0.508 e. The Hall–Kier alpha value is -3.72. The standard InChI is InChI=1S/C24H23ClN2O7/c1-11-8-13(27-20(23(26)31)12-4-6-14(28)7-5-12)9-17(29)24(11)22(30)18-15(32-2)10-16(33-3)19(25)21(18)34-24/h4-7,9-11,20,27-28H,8H2,1-3H3,(H2,26,31)/t11-,20-,24+/m1/s1. The second-order valence-corrected chi connectivity index (χ2v) is 8.55. The fraction of sp³-hybridized carbons (Fsp3) is 0.292. The molecule has 0 saturated carbocycles. The van der Waals surface area contributed by atoms with E-state index in [0.717, 1.165) is 0 Å². The summed E-state index contributed by atoms with van der Waals surface area (Å²) < 4.78 is 16.6. The van der Waals surface area contributed by atoms with E-state index in [1.54, 1.807) is 19.1 Å². The molecule has 1 aliphatic carbocycles.